The predicted molar refractivity (Wildman–Crippen MR) is 130 cm³/mol. The van der Waals surface area contributed by atoms with Crippen LogP contribution in [-0.4, -0.2) is 0 Å². The third kappa shape index (κ3) is 2.93. The van der Waals surface area contributed by atoms with E-state index in [1.807, 2.05) is 12.1 Å². The van der Waals surface area contributed by atoms with Crippen LogP contribution < -0.4 is 21.2 Å². The Balaban J connectivity index is 2.22. The van der Waals surface area contributed by atoms with Gasteiger partial charge in [0.2, 0.25) is 0 Å². The zero-order chi connectivity index (χ0) is 18.8. The maximum absolute atomic E-state index is 6.26. The van der Waals surface area contributed by atoms with E-state index in [0.717, 1.165) is 5.02 Å². The van der Waals surface area contributed by atoms with E-state index in [1.165, 1.54) is 21.2 Å². The van der Waals surface area contributed by atoms with Crippen molar-refractivity contribution < 1.29 is 0 Å². The van der Waals surface area contributed by atoms with Gasteiger partial charge in [-0.2, -0.15) is 0 Å². The molecule has 4 rings (SSSR count). The third-order valence-corrected chi connectivity index (χ3v) is 17.0. The standard InChI is InChI=1S/C24H19ClIP/c25-20-16-18-24(19-17-20)27(26,21-10-4-1-5-11-21,22-12-6-2-7-13-22)23-14-8-3-9-15-23/h1-19H. The fourth-order valence-electron chi connectivity index (χ4n) is 3.74. The summed E-state index contributed by atoms with van der Waals surface area (Å²) in [5.74, 6) is 0. The predicted octanol–water partition coefficient (Wildman–Crippen LogP) is 5.85. The Kier molecular flexibility index (Phi) is 5.11. The van der Waals surface area contributed by atoms with Crippen molar-refractivity contribution in [2.24, 2.45) is 0 Å². The van der Waals surface area contributed by atoms with Crippen molar-refractivity contribution in [1.29, 1.82) is 0 Å². The molecular weight excluding hydrogens is 482 g/mol. The number of benzene rings is 4. The molecule has 0 aromatic heterocycles. The molecule has 0 spiro atoms. The summed E-state index contributed by atoms with van der Waals surface area (Å²) in [6.45, 7) is 0. The zero-order valence-corrected chi connectivity index (χ0v) is 18.5. The Morgan fingerprint density at radius 2 is 0.741 bits per heavy atom. The van der Waals surface area contributed by atoms with Gasteiger partial charge in [0.05, 0.1) is 0 Å². The van der Waals surface area contributed by atoms with Crippen molar-refractivity contribution in [3.05, 3.63) is 120 Å². The quantitative estimate of drug-likeness (QED) is 0.244. The van der Waals surface area contributed by atoms with Crippen LogP contribution in [0.1, 0.15) is 0 Å². The van der Waals surface area contributed by atoms with Gasteiger partial charge in [0.1, 0.15) is 0 Å². The SMILES string of the molecule is Clc1ccc(P(I)(c2ccccc2)(c2ccccc2)c2ccccc2)cc1. The molecule has 3 heteroatoms. The van der Waals surface area contributed by atoms with Gasteiger partial charge in [-0.1, -0.05) is 0 Å². The molecule has 0 nitrogen and oxygen atoms in total. The van der Waals surface area contributed by atoms with Crippen molar-refractivity contribution in [3.63, 3.8) is 0 Å². The van der Waals surface area contributed by atoms with Gasteiger partial charge < -0.3 is 0 Å². The maximum atomic E-state index is 6.26. The summed E-state index contributed by atoms with van der Waals surface area (Å²) in [5, 5.41) is 6.07. The van der Waals surface area contributed by atoms with E-state index in [1.54, 1.807) is 0 Å². The van der Waals surface area contributed by atoms with Crippen LogP contribution in [-0.2, 0) is 0 Å². The fraction of sp³-hybridized carbons (Fsp3) is 0. The molecule has 0 saturated carbocycles. The van der Waals surface area contributed by atoms with Crippen molar-refractivity contribution >= 4 is 59.1 Å². The van der Waals surface area contributed by atoms with Crippen LogP contribution in [0.5, 0.6) is 0 Å². The van der Waals surface area contributed by atoms with Crippen molar-refractivity contribution in [2.45, 2.75) is 0 Å². The average molecular weight is 501 g/mol. The van der Waals surface area contributed by atoms with Gasteiger partial charge in [-0.25, -0.2) is 0 Å². The Hall–Kier alpha value is -1.67. The van der Waals surface area contributed by atoms with Gasteiger partial charge >= 0.3 is 179 Å². The minimum atomic E-state index is -2.93. The molecule has 0 aliphatic carbocycles. The molecule has 0 heterocycles. The zero-order valence-electron chi connectivity index (χ0n) is 14.7. The summed E-state index contributed by atoms with van der Waals surface area (Å²) in [6.07, 6.45) is 0. The molecule has 0 radical (unpaired) electrons. The number of halogens is 2. The average Bonchev–Trinajstić information content (AvgIpc) is 2.76. The van der Waals surface area contributed by atoms with Crippen LogP contribution >= 0.6 is 37.9 Å². The van der Waals surface area contributed by atoms with E-state index >= 15 is 0 Å². The molecule has 0 aliphatic rings. The molecule has 0 saturated heterocycles. The monoisotopic (exact) mass is 500 g/mol. The van der Waals surface area contributed by atoms with E-state index in [0.29, 0.717) is 0 Å². The van der Waals surface area contributed by atoms with Crippen LogP contribution in [0.2, 0.25) is 5.02 Å². The third-order valence-electron chi connectivity index (χ3n) is 5.03. The number of hydrogen-bond acceptors (Lipinski definition) is 0. The molecule has 0 fully saturated rings. The van der Waals surface area contributed by atoms with E-state index in [-0.39, 0.29) is 0 Å². The summed E-state index contributed by atoms with van der Waals surface area (Å²) in [7, 11) is 0. The molecule has 134 valence electrons. The molecule has 0 unspecified atom stereocenters. The van der Waals surface area contributed by atoms with Gasteiger partial charge in [0, 0.05) is 0 Å². The number of hydrogen-bond donors (Lipinski definition) is 0. The summed E-state index contributed by atoms with van der Waals surface area (Å²) in [6, 6.07) is 41.0. The topological polar surface area (TPSA) is 0 Å². The molecule has 0 amide bonds. The second kappa shape index (κ2) is 7.39. The van der Waals surface area contributed by atoms with Gasteiger partial charge in [-0.05, 0) is 0 Å². The first-order chi connectivity index (χ1) is 13.1. The Labute approximate surface area is 178 Å². The fourth-order valence-corrected chi connectivity index (χ4v) is 12.4. The molecule has 4 aromatic carbocycles. The van der Waals surface area contributed by atoms with Crippen LogP contribution in [0.3, 0.4) is 0 Å². The van der Waals surface area contributed by atoms with Gasteiger partial charge in [-0.15, -0.1) is 0 Å². The van der Waals surface area contributed by atoms with Crippen LogP contribution in [0.15, 0.2) is 115 Å². The summed E-state index contributed by atoms with van der Waals surface area (Å²) in [5.41, 5.74) is 0. The number of rotatable bonds is 4. The first-order valence-electron chi connectivity index (χ1n) is 8.81. The molecule has 4 aromatic rings. The molecule has 0 aliphatic heterocycles. The summed E-state index contributed by atoms with van der Waals surface area (Å²) >= 11 is 9.03. The molecule has 0 atom stereocenters. The second-order valence-corrected chi connectivity index (χ2v) is 16.8. The van der Waals surface area contributed by atoms with Crippen molar-refractivity contribution in [3.8, 4) is 0 Å². The molecule has 0 N–H and O–H groups in total. The van der Waals surface area contributed by atoms with E-state index in [4.69, 9.17) is 11.6 Å². The second-order valence-electron chi connectivity index (χ2n) is 6.49. The Morgan fingerprint density at radius 3 is 1.07 bits per heavy atom. The Morgan fingerprint density at radius 1 is 0.444 bits per heavy atom. The Bertz CT molecular complexity index is 933. The first-order valence-corrected chi connectivity index (χ1v) is 14.2. The van der Waals surface area contributed by atoms with E-state index in [2.05, 4.69) is 125 Å². The van der Waals surface area contributed by atoms with Crippen LogP contribution in [0, 0.1) is 0 Å². The normalized spacial score (nSPS) is 12.9. The van der Waals surface area contributed by atoms with E-state index in [9.17, 15) is 0 Å². The first kappa shape index (κ1) is 18.7. The molecule has 0 bridgehead atoms. The summed E-state index contributed by atoms with van der Waals surface area (Å²) in [4.78, 5) is 0. The summed E-state index contributed by atoms with van der Waals surface area (Å²) < 4.78 is -2.93. The van der Waals surface area contributed by atoms with Crippen molar-refractivity contribution in [1.82, 2.24) is 0 Å². The van der Waals surface area contributed by atoms with Gasteiger partial charge in [0.15, 0.2) is 0 Å². The van der Waals surface area contributed by atoms with Gasteiger partial charge in [0.25, 0.3) is 0 Å². The van der Waals surface area contributed by atoms with Gasteiger partial charge in [-0.3, -0.25) is 0 Å². The van der Waals surface area contributed by atoms with Crippen molar-refractivity contribution in [2.75, 3.05) is 0 Å². The minimum absolute atomic E-state index is 0.759. The molecule has 27 heavy (non-hydrogen) atoms. The van der Waals surface area contributed by atoms with E-state index < -0.39 is 4.25 Å². The molecular formula is C24H19ClIP. The van der Waals surface area contributed by atoms with Crippen LogP contribution in [0.25, 0.3) is 0 Å². The van der Waals surface area contributed by atoms with Crippen LogP contribution in [0.4, 0.5) is 0 Å².